The number of nitrogens with zero attached hydrogens (tertiary/aromatic N) is 2. The minimum Gasteiger partial charge on any atom is -0.497 e. The van der Waals surface area contributed by atoms with Crippen LogP contribution in [-0.2, 0) is 0 Å². The summed E-state index contributed by atoms with van der Waals surface area (Å²) < 4.78 is 5.14. The second-order valence-corrected chi connectivity index (χ2v) is 4.25. The van der Waals surface area contributed by atoms with Crippen molar-refractivity contribution in [2.24, 2.45) is 0 Å². The van der Waals surface area contributed by atoms with Crippen LogP contribution in [0.2, 0.25) is 0 Å². The Labute approximate surface area is 116 Å². The van der Waals surface area contributed by atoms with E-state index in [9.17, 15) is 10.1 Å². The quantitative estimate of drug-likeness (QED) is 0.684. The highest BCUT2D eigenvalue weighted by molar-refractivity contribution is 5.74. The van der Waals surface area contributed by atoms with E-state index in [1.165, 1.54) is 6.07 Å². The van der Waals surface area contributed by atoms with E-state index >= 15 is 0 Å². The van der Waals surface area contributed by atoms with E-state index in [1.807, 2.05) is 13.0 Å². The number of hydrogen-bond donors (Lipinski definition) is 1. The van der Waals surface area contributed by atoms with Gasteiger partial charge in [-0.2, -0.15) is 0 Å². The predicted octanol–water partition coefficient (Wildman–Crippen LogP) is 3.02. The molecule has 1 heterocycles. The third-order valence-corrected chi connectivity index (χ3v) is 3.02. The van der Waals surface area contributed by atoms with Gasteiger partial charge in [-0.1, -0.05) is 0 Å². The van der Waals surface area contributed by atoms with Gasteiger partial charge in [0, 0.05) is 18.7 Å². The Hall–Kier alpha value is -2.63. The average molecular weight is 273 g/mol. The molecule has 0 amide bonds. The molecule has 6 nitrogen and oxygen atoms in total. The van der Waals surface area contributed by atoms with Crippen LogP contribution < -0.4 is 10.1 Å². The summed E-state index contributed by atoms with van der Waals surface area (Å²) in [5, 5.41) is 14.0. The van der Waals surface area contributed by atoms with E-state index in [0.717, 1.165) is 11.1 Å². The third-order valence-electron chi connectivity index (χ3n) is 3.02. The fourth-order valence-corrected chi connectivity index (χ4v) is 1.97. The van der Waals surface area contributed by atoms with E-state index in [1.54, 1.807) is 32.4 Å². The van der Waals surface area contributed by atoms with Crippen molar-refractivity contribution in [3.8, 4) is 17.0 Å². The smallest absolute Gasteiger partial charge is 0.295 e. The first-order chi connectivity index (χ1) is 9.56. The molecule has 0 unspecified atom stereocenters. The number of pyridine rings is 1. The van der Waals surface area contributed by atoms with Crippen molar-refractivity contribution >= 4 is 11.5 Å². The molecule has 104 valence electrons. The number of nitro groups is 1. The van der Waals surface area contributed by atoms with Gasteiger partial charge >= 0.3 is 0 Å². The zero-order valence-corrected chi connectivity index (χ0v) is 11.5. The largest absolute Gasteiger partial charge is 0.497 e. The van der Waals surface area contributed by atoms with Crippen LogP contribution in [0, 0.1) is 17.0 Å². The first-order valence-corrected chi connectivity index (χ1v) is 6.05. The Morgan fingerprint density at radius 2 is 2.05 bits per heavy atom. The number of anilines is 1. The lowest BCUT2D eigenvalue weighted by Gasteiger charge is -2.09. The van der Waals surface area contributed by atoms with E-state index in [0.29, 0.717) is 17.3 Å². The summed E-state index contributed by atoms with van der Waals surface area (Å²) in [7, 11) is 3.30. The maximum absolute atomic E-state index is 11.1. The van der Waals surface area contributed by atoms with Crippen molar-refractivity contribution in [1.82, 2.24) is 4.98 Å². The predicted molar refractivity (Wildman–Crippen MR) is 77.2 cm³/mol. The molecule has 2 aromatic rings. The molecule has 0 aliphatic heterocycles. The molecule has 0 fully saturated rings. The SMILES string of the molecule is CNc1ccc([N+](=O)[O-])c(-c2ccc(OC)cc2C)n1. The topological polar surface area (TPSA) is 77.3 Å². The maximum Gasteiger partial charge on any atom is 0.295 e. The number of benzene rings is 1. The highest BCUT2D eigenvalue weighted by Gasteiger charge is 2.19. The molecule has 0 bridgehead atoms. The molecule has 0 atom stereocenters. The Morgan fingerprint density at radius 1 is 1.30 bits per heavy atom. The number of methoxy groups -OCH3 is 1. The highest BCUT2D eigenvalue weighted by atomic mass is 16.6. The fraction of sp³-hybridized carbons (Fsp3) is 0.214. The average Bonchev–Trinajstić information content (AvgIpc) is 2.46. The van der Waals surface area contributed by atoms with Crippen LogP contribution in [0.3, 0.4) is 0 Å². The summed E-state index contributed by atoms with van der Waals surface area (Å²) in [6.07, 6.45) is 0. The van der Waals surface area contributed by atoms with Crippen LogP contribution in [0.25, 0.3) is 11.3 Å². The Bertz CT molecular complexity index is 656. The molecule has 0 saturated heterocycles. The lowest BCUT2D eigenvalue weighted by molar-refractivity contribution is -0.384. The number of hydrogen-bond acceptors (Lipinski definition) is 5. The molecule has 2 rings (SSSR count). The monoisotopic (exact) mass is 273 g/mol. The number of aryl methyl sites for hydroxylation is 1. The minimum atomic E-state index is -0.425. The minimum absolute atomic E-state index is 0.0164. The van der Waals surface area contributed by atoms with Gasteiger partial charge in [-0.05, 0) is 36.8 Å². The van der Waals surface area contributed by atoms with Crippen LogP contribution in [0.5, 0.6) is 5.75 Å². The molecule has 1 N–H and O–H groups in total. The van der Waals surface area contributed by atoms with Crippen molar-refractivity contribution in [3.63, 3.8) is 0 Å². The summed E-state index contributed by atoms with van der Waals surface area (Å²) >= 11 is 0. The van der Waals surface area contributed by atoms with Gasteiger partial charge in [0.05, 0.1) is 12.0 Å². The van der Waals surface area contributed by atoms with Gasteiger partial charge in [-0.15, -0.1) is 0 Å². The summed E-state index contributed by atoms with van der Waals surface area (Å²) in [6, 6.07) is 8.41. The van der Waals surface area contributed by atoms with Gasteiger partial charge in [-0.3, -0.25) is 10.1 Å². The van der Waals surface area contributed by atoms with Crippen molar-refractivity contribution in [2.45, 2.75) is 6.92 Å². The summed E-state index contributed by atoms with van der Waals surface area (Å²) in [5.74, 6) is 1.29. The fourth-order valence-electron chi connectivity index (χ4n) is 1.97. The van der Waals surface area contributed by atoms with Crippen molar-refractivity contribution < 1.29 is 9.66 Å². The van der Waals surface area contributed by atoms with Gasteiger partial charge < -0.3 is 10.1 Å². The molecule has 1 aromatic carbocycles. The van der Waals surface area contributed by atoms with Crippen molar-refractivity contribution in [2.75, 3.05) is 19.5 Å². The van der Waals surface area contributed by atoms with Gasteiger partial charge in [0.25, 0.3) is 5.69 Å². The van der Waals surface area contributed by atoms with Crippen molar-refractivity contribution in [1.29, 1.82) is 0 Å². The van der Waals surface area contributed by atoms with Crippen LogP contribution in [0.1, 0.15) is 5.56 Å². The molecule has 6 heteroatoms. The van der Waals surface area contributed by atoms with Crippen molar-refractivity contribution in [3.05, 3.63) is 46.0 Å². The maximum atomic E-state index is 11.1. The molecular formula is C14H15N3O3. The molecular weight excluding hydrogens is 258 g/mol. The summed E-state index contributed by atoms with van der Waals surface area (Å²) in [4.78, 5) is 15.0. The zero-order valence-electron chi connectivity index (χ0n) is 11.5. The Balaban J connectivity index is 2.63. The third kappa shape index (κ3) is 2.54. The standard InChI is InChI=1S/C14H15N3O3/c1-9-8-10(20-3)4-5-11(9)14-12(17(18)19)6-7-13(15-2)16-14/h4-8H,1-3H3,(H,15,16). The lowest BCUT2D eigenvalue weighted by atomic mass is 10.0. The second kappa shape index (κ2) is 5.56. The Morgan fingerprint density at radius 3 is 2.60 bits per heavy atom. The van der Waals surface area contributed by atoms with Gasteiger partial charge in [-0.25, -0.2) is 4.98 Å². The number of ether oxygens (including phenoxy) is 1. The normalized spacial score (nSPS) is 10.2. The summed E-state index contributed by atoms with van der Waals surface area (Å²) in [5.41, 5.74) is 1.92. The van der Waals surface area contributed by atoms with Crippen LogP contribution in [0.4, 0.5) is 11.5 Å². The molecule has 0 spiro atoms. The number of rotatable bonds is 4. The van der Waals surface area contributed by atoms with Crippen LogP contribution >= 0.6 is 0 Å². The molecule has 0 saturated carbocycles. The van der Waals surface area contributed by atoms with Gasteiger partial charge in [0.15, 0.2) is 5.69 Å². The van der Waals surface area contributed by atoms with Gasteiger partial charge in [0.2, 0.25) is 0 Å². The van der Waals surface area contributed by atoms with E-state index < -0.39 is 4.92 Å². The van der Waals surface area contributed by atoms with E-state index in [-0.39, 0.29) is 5.69 Å². The highest BCUT2D eigenvalue weighted by Crippen LogP contribution is 2.33. The van der Waals surface area contributed by atoms with E-state index in [2.05, 4.69) is 10.3 Å². The number of aromatic nitrogens is 1. The Kier molecular flexibility index (Phi) is 3.84. The molecule has 1 aromatic heterocycles. The first-order valence-electron chi connectivity index (χ1n) is 6.05. The van der Waals surface area contributed by atoms with Crippen LogP contribution in [0.15, 0.2) is 30.3 Å². The molecule has 0 aliphatic carbocycles. The zero-order chi connectivity index (χ0) is 14.7. The van der Waals surface area contributed by atoms with Crippen LogP contribution in [-0.4, -0.2) is 24.1 Å². The lowest BCUT2D eigenvalue weighted by Crippen LogP contribution is -2.00. The van der Waals surface area contributed by atoms with Gasteiger partial charge in [0.1, 0.15) is 11.6 Å². The molecule has 0 aliphatic rings. The molecule has 0 radical (unpaired) electrons. The van der Waals surface area contributed by atoms with E-state index in [4.69, 9.17) is 4.74 Å². The molecule has 20 heavy (non-hydrogen) atoms. The first kappa shape index (κ1) is 13.8. The number of nitrogens with one attached hydrogen (secondary N) is 1. The second-order valence-electron chi connectivity index (χ2n) is 4.25. The summed E-state index contributed by atoms with van der Waals surface area (Å²) in [6.45, 7) is 1.87.